The second-order valence-electron chi connectivity index (χ2n) is 16.0. The molecule has 0 aliphatic heterocycles. The lowest BCUT2D eigenvalue weighted by molar-refractivity contribution is -0.188. The lowest BCUT2D eigenvalue weighted by atomic mass is 9.35. The lowest BCUT2D eigenvalue weighted by Gasteiger charge is -2.68. The summed E-state index contributed by atoms with van der Waals surface area (Å²) in [4.78, 5) is 29.1. The molecular formula is C36H47NO2S. The lowest BCUT2D eigenvalue weighted by Crippen LogP contribution is -2.65. The molecular weight excluding hydrogens is 510 g/mol. The monoisotopic (exact) mass is 557 g/mol. The van der Waals surface area contributed by atoms with Crippen LogP contribution in [0.4, 0.5) is 0 Å². The highest BCUT2D eigenvalue weighted by molar-refractivity contribution is 7.99. The van der Waals surface area contributed by atoms with E-state index in [4.69, 9.17) is 0 Å². The summed E-state index contributed by atoms with van der Waals surface area (Å²) in [6.45, 7) is 13.7. The van der Waals surface area contributed by atoms with Gasteiger partial charge in [-0.2, -0.15) is 5.26 Å². The molecule has 4 fully saturated rings. The van der Waals surface area contributed by atoms with Gasteiger partial charge in [0.15, 0.2) is 5.78 Å². The molecule has 0 amide bonds. The molecule has 1 aromatic carbocycles. The van der Waals surface area contributed by atoms with Gasteiger partial charge in [0.2, 0.25) is 0 Å². The maximum Gasteiger partial charge on any atom is 0.178 e. The van der Waals surface area contributed by atoms with Gasteiger partial charge in [-0.15, -0.1) is 11.8 Å². The van der Waals surface area contributed by atoms with E-state index in [9.17, 15) is 14.9 Å². The van der Waals surface area contributed by atoms with Crippen molar-refractivity contribution < 1.29 is 9.59 Å². The van der Waals surface area contributed by atoms with E-state index in [0.717, 1.165) is 31.4 Å². The van der Waals surface area contributed by atoms with Crippen molar-refractivity contribution in [1.82, 2.24) is 0 Å². The van der Waals surface area contributed by atoms with Crippen LogP contribution in [0.3, 0.4) is 0 Å². The van der Waals surface area contributed by atoms with Gasteiger partial charge in [0.25, 0.3) is 0 Å². The average Bonchev–Trinajstić information content (AvgIpc) is 2.91. The van der Waals surface area contributed by atoms with Gasteiger partial charge in [0, 0.05) is 28.4 Å². The van der Waals surface area contributed by atoms with Crippen molar-refractivity contribution in [1.29, 1.82) is 5.26 Å². The maximum absolute atomic E-state index is 14.5. The standard InChI is InChI=1S/C36H47NO2S/c1-32(2)16-17-36(22-40-24-10-8-7-9-11-24)15-12-25-30(26(36)20-32)27(38)18-29-34(25,5)14-13-28-33(3,4)31(39)23(21-37)19-35(28,29)6/h7-11,19,25-26,28-30H,12-18,20,22H2,1-6H3. The second-order valence-corrected chi connectivity index (χ2v) is 17.1. The number of allylic oxidation sites excluding steroid dienone is 2. The number of hydrogen-bond donors (Lipinski definition) is 0. The van der Waals surface area contributed by atoms with Crippen LogP contribution in [-0.4, -0.2) is 17.3 Å². The molecule has 40 heavy (non-hydrogen) atoms. The minimum Gasteiger partial charge on any atom is -0.299 e. The summed E-state index contributed by atoms with van der Waals surface area (Å²) in [5.41, 5.74) is -0.00805. The van der Waals surface area contributed by atoms with E-state index >= 15 is 0 Å². The van der Waals surface area contributed by atoms with Crippen molar-refractivity contribution in [2.75, 3.05) is 5.75 Å². The largest absolute Gasteiger partial charge is 0.299 e. The SMILES string of the molecule is CC1(C)CCC2(CSc3ccccc3)CCC3C(C(=O)CC4C5(C)C=C(C#N)C(=O)C(C)(C)C5CCC34C)C2C1. The normalized spacial score (nSPS) is 43.3. The van der Waals surface area contributed by atoms with Crippen LogP contribution in [0.5, 0.6) is 0 Å². The van der Waals surface area contributed by atoms with Crippen molar-refractivity contribution in [2.24, 2.45) is 56.7 Å². The van der Waals surface area contributed by atoms with Crippen LogP contribution in [0.1, 0.15) is 92.9 Å². The van der Waals surface area contributed by atoms with Crippen LogP contribution in [0.15, 0.2) is 46.9 Å². The Morgan fingerprint density at radius 2 is 1.62 bits per heavy atom. The predicted octanol–water partition coefficient (Wildman–Crippen LogP) is 8.69. The number of ketones is 2. The van der Waals surface area contributed by atoms with E-state index < -0.39 is 5.41 Å². The van der Waals surface area contributed by atoms with Crippen LogP contribution in [0.25, 0.3) is 0 Å². The minimum absolute atomic E-state index is 0.0103. The van der Waals surface area contributed by atoms with Gasteiger partial charge in [-0.3, -0.25) is 9.59 Å². The molecule has 214 valence electrons. The molecule has 4 saturated carbocycles. The van der Waals surface area contributed by atoms with Crippen LogP contribution >= 0.6 is 11.8 Å². The van der Waals surface area contributed by atoms with Crippen molar-refractivity contribution in [3.63, 3.8) is 0 Å². The van der Waals surface area contributed by atoms with E-state index in [2.05, 4.69) is 64.1 Å². The van der Waals surface area contributed by atoms with Crippen molar-refractivity contribution in [3.05, 3.63) is 42.0 Å². The Bertz CT molecular complexity index is 1290. The Hall–Kier alpha value is -1.86. The first-order valence-corrected chi connectivity index (χ1v) is 16.6. The first kappa shape index (κ1) is 28.3. The molecule has 0 saturated heterocycles. The third-order valence-electron chi connectivity index (χ3n) is 13.1. The summed E-state index contributed by atoms with van der Waals surface area (Å²) in [5, 5.41) is 9.93. The van der Waals surface area contributed by atoms with Gasteiger partial charge < -0.3 is 0 Å². The summed E-state index contributed by atoms with van der Waals surface area (Å²) in [5.74, 6) is 2.91. The predicted molar refractivity (Wildman–Crippen MR) is 161 cm³/mol. The highest BCUT2D eigenvalue weighted by Gasteiger charge is 2.68. The Balaban J connectivity index is 1.37. The molecule has 0 N–H and O–H groups in total. The highest BCUT2D eigenvalue weighted by atomic mass is 32.2. The van der Waals surface area contributed by atoms with Gasteiger partial charge in [-0.25, -0.2) is 0 Å². The van der Waals surface area contributed by atoms with Crippen LogP contribution < -0.4 is 0 Å². The number of carbonyl (C=O) groups is 2. The number of hydrogen-bond acceptors (Lipinski definition) is 4. The average molecular weight is 558 g/mol. The fourth-order valence-electron chi connectivity index (χ4n) is 11.0. The Morgan fingerprint density at radius 1 is 0.900 bits per heavy atom. The molecule has 6 rings (SSSR count). The van der Waals surface area contributed by atoms with E-state index in [1.165, 1.54) is 24.2 Å². The Morgan fingerprint density at radius 3 is 2.33 bits per heavy atom. The molecule has 3 nitrogen and oxygen atoms in total. The fraction of sp³-hybridized carbons (Fsp3) is 0.694. The number of Topliss-reactive ketones (excluding diaryl/α,β-unsaturated/α-hetero) is 2. The number of nitrogens with zero attached hydrogens (tertiary/aromatic N) is 1. The Kier molecular flexibility index (Phi) is 6.59. The molecule has 0 heterocycles. The molecule has 5 aliphatic carbocycles. The third kappa shape index (κ3) is 4.04. The first-order valence-electron chi connectivity index (χ1n) is 15.7. The topological polar surface area (TPSA) is 57.9 Å². The first-order chi connectivity index (χ1) is 18.8. The number of rotatable bonds is 3. The molecule has 8 atom stereocenters. The number of thioether (sulfide) groups is 1. The van der Waals surface area contributed by atoms with Crippen molar-refractivity contribution >= 4 is 23.3 Å². The zero-order chi connectivity index (χ0) is 28.7. The smallest absolute Gasteiger partial charge is 0.178 e. The summed E-state index contributed by atoms with van der Waals surface area (Å²) in [6, 6.07) is 13.1. The number of nitriles is 1. The van der Waals surface area contributed by atoms with Gasteiger partial charge >= 0.3 is 0 Å². The fourth-order valence-corrected chi connectivity index (χ4v) is 12.3. The summed E-state index contributed by atoms with van der Waals surface area (Å²) < 4.78 is 0. The third-order valence-corrected chi connectivity index (χ3v) is 14.4. The Labute approximate surface area is 245 Å². The highest BCUT2D eigenvalue weighted by Crippen LogP contribution is 2.72. The second kappa shape index (κ2) is 9.32. The molecule has 1 aromatic rings. The van der Waals surface area contributed by atoms with Gasteiger partial charge in [0.1, 0.15) is 11.9 Å². The van der Waals surface area contributed by atoms with E-state index in [1.807, 2.05) is 31.7 Å². The quantitative estimate of drug-likeness (QED) is 0.349. The zero-order valence-electron chi connectivity index (χ0n) is 25.4. The summed E-state index contributed by atoms with van der Waals surface area (Å²) >= 11 is 2.00. The minimum atomic E-state index is -0.570. The van der Waals surface area contributed by atoms with Gasteiger partial charge in [-0.05, 0) is 102 Å². The molecule has 0 bridgehead atoms. The van der Waals surface area contributed by atoms with Gasteiger partial charge in [0.05, 0.1) is 5.57 Å². The number of benzene rings is 1. The maximum atomic E-state index is 14.5. The summed E-state index contributed by atoms with van der Waals surface area (Å²) in [7, 11) is 0. The molecule has 4 heteroatoms. The zero-order valence-corrected chi connectivity index (χ0v) is 26.2. The van der Waals surface area contributed by atoms with Crippen molar-refractivity contribution in [3.8, 4) is 6.07 Å². The molecule has 5 aliphatic rings. The van der Waals surface area contributed by atoms with Crippen LogP contribution in [0, 0.1) is 68.0 Å². The number of fused-ring (bicyclic) bond motifs is 7. The van der Waals surface area contributed by atoms with Crippen molar-refractivity contribution in [2.45, 2.75) is 97.8 Å². The number of carbonyl (C=O) groups excluding carboxylic acids is 2. The molecule has 0 aromatic heterocycles. The van der Waals surface area contributed by atoms with E-state index in [1.54, 1.807) is 0 Å². The molecule has 8 unspecified atom stereocenters. The summed E-state index contributed by atoms with van der Waals surface area (Å²) in [6.07, 6.45) is 10.7. The molecule has 0 spiro atoms. The van der Waals surface area contributed by atoms with Crippen LogP contribution in [0.2, 0.25) is 0 Å². The van der Waals surface area contributed by atoms with E-state index in [0.29, 0.717) is 29.6 Å². The van der Waals surface area contributed by atoms with Crippen LogP contribution in [-0.2, 0) is 9.59 Å². The molecule has 0 radical (unpaired) electrons. The van der Waals surface area contributed by atoms with Gasteiger partial charge in [-0.1, -0.05) is 65.8 Å². The van der Waals surface area contributed by atoms with E-state index in [-0.39, 0.29) is 45.2 Å².